The number of aromatic nitrogens is 1. The van der Waals surface area contributed by atoms with E-state index in [1.54, 1.807) is 29.0 Å². The lowest BCUT2D eigenvalue weighted by Crippen LogP contribution is -2.39. The Morgan fingerprint density at radius 1 is 1.13 bits per heavy atom. The first-order chi connectivity index (χ1) is 15.1. The molecule has 2 heterocycles. The number of carbonyl (C=O) groups is 3. The number of rotatable bonds is 7. The summed E-state index contributed by atoms with van der Waals surface area (Å²) in [7, 11) is 0. The number of benzene rings is 2. The molecule has 160 valence electrons. The number of aldehydes is 1. The molecule has 2 aromatic carbocycles. The fraction of sp³-hybridized carbons (Fsp3) is 0.261. The molecule has 3 aromatic rings. The molecular formula is C23H23N3O5. The summed E-state index contributed by atoms with van der Waals surface area (Å²) in [6, 6.07) is 12.6. The number of ether oxygens (including phenoxy) is 2. The predicted molar refractivity (Wildman–Crippen MR) is 116 cm³/mol. The number of para-hydroxylation sites is 1. The van der Waals surface area contributed by atoms with Crippen molar-refractivity contribution in [3.8, 4) is 11.5 Å². The first-order valence-corrected chi connectivity index (χ1v) is 10.1. The fourth-order valence-corrected chi connectivity index (χ4v) is 3.62. The van der Waals surface area contributed by atoms with Gasteiger partial charge in [0.25, 0.3) is 0 Å². The van der Waals surface area contributed by atoms with Crippen LogP contribution >= 0.6 is 0 Å². The lowest BCUT2D eigenvalue weighted by atomic mass is 10.2. The molecule has 1 aliphatic heterocycles. The third-order valence-electron chi connectivity index (χ3n) is 5.15. The Kier molecular flexibility index (Phi) is 5.88. The van der Waals surface area contributed by atoms with E-state index in [-0.39, 0.29) is 24.9 Å². The summed E-state index contributed by atoms with van der Waals surface area (Å²) in [4.78, 5) is 38.2. The molecule has 1 aliphatic rings. The van der Waals surface area contributed by atoms with Crippen molar-refractivity contribution >= 4 is 34.7 Å². The largest absolute Gasteiger partial charge is 0.486 e. The van der Waals surface area contributed by atoms with Crippen molar-refractivity contribution in [1.82, 2.24) is 9.47 Å². The zero-order valence-electron chi connectivity index (χ0n) is 17.2. The maximum Gasteiger partial charge on any atom is 0.243 e. The second-order valence-corrected chi connectivity index (χ2v) is 7.16. The topological polar surface area (TPSA) is 89.9 Å². The minimum Gasteiger partial charge on any atom is -0.486 e. The van der Waals surface area contributed by atoms with E-state index in [1.807, 2.05) is 31.2 Å². The molecule has 8 heteroatoms. The van der Waals surface area contributed by atoms with Gasteiger partial charge < -0.3 is 24.3 Å². The van der Waals surface area contributed by atoms with E-state index in [2.05, 4.69) is 5.32 Å². The van der Waals surface area contributed by atoms with Crippen LogP contribution in [0.15, 0.2) is 48.7 Å². The highest BCUT2D eigenvalue weighted by atomic mass is 16.6. The number of anilines is 1. The van der Waals surface area contributed by atoms with E-state index in [1.165, 1.54) is 4.90 Å². The van der Waals surface area contributed by atoms with Crippen LogP contribution in [0.1, 0.15) is 17.3 Å². The van der Waals surface area contributed by atoms with Gasteiger partial charge in [-0.3, -0.25) is 14.4 Å². The van der Waals surface area contributed by atoms with Gasteiger partial charge in [-0.1, -0.05) is 18.2 Å². The lowest BCUT2D eigenvalue weighted by Gasteiger charge is -2.22. The van der Waals surface area contributed by atoms with Gasteiger partial charge in [-0.25, -0.2) is 0 Å². The van der Waals surface area contributed by atoms with Gasteiger partial charge >= 0.3 is 0 Å². The van der Waals surface area contributed by atoms with Gasteiger partial charge in [-0.15, -0.1) is 0 Å². The quantitative estimate of drug-likeness (QED) is 0.593. The Labute approximate surface area is 179 Å². The van der Waals surface area contributed by atoms with Crippen molar-refractivity contribution in [1.29, 1.82) is 0 Å². The minimum atomic E-state index is -0.308. The number of hydrogen-bond donors (Lipinski definition) is 1. The van der Waals surface area contributed by atoms with Crippen LogP contribution in [0.25, 0.3) is 10.9 Å². The molecule has 0 bridgehead atoms. The zero-order chi connectivity index (χ0) is 21.8. The van der Waals surface area contributed by atoms with E-state index in [4.69, 9.17) is 9.47 Å². The molecule has 31 heavy (non-hydrogen) atoms. The first-order valence-electron chi connectivity index (χ1n) is 10.1. The van der Waals surface area contributed by atoms with Crippen LogP contribution in [0.5, 0.6) is 11.5 Å². The minimum absolute atomic E-state index is 0.0412. The fourth-order valence-electron chi connectivity index (χ4n) is 3.62. The maximum atomic E-state index is 12.9. The van der Waals surface area contributed by atoms with Crippen LogP contribution in [0, 0.1) is 0 Å². The van der Waals surface area contributed by atoms with Crippen LogP contribution in [0.3, 0.4) is 0 Å². The Balaban J connectivity index is 1.42. The monoisotopic (exact) mass is 421 g/mol. The van der Waals surface area contributed by atoms with E-state index >= 15 is 0 Å². The molecule has 0 spiro atoms. The molecule has 0 aliphatic carbocycles. The van der Waals surface area contributed by atoms with Crippen LogP contribution in [0.2, 0.25) is 0 Å². The van der Waals surface area contributed by atoms with Crippen molar-refractivity contribution < 1.29 is 23.9 Å². The summed E-state index contributed by atoms with van der Waals surface area (Å²) in [5.74, 6) is 0.706. The van der Waals surface area contributed by atoms with Crippen LogP contribution in [0.4, 0.5) is 5.69 Å². The number of hydrogen-bond acceptors (Lipinski definition) is 5. The highest BCUT2D eigenvalue weighted by molar-refractivity contribution is 5.98. The molecule has 0 saturated heterocycles. The molecule has 0 radical (unpaired) electrons. The van der Waals surface area contributed by atoms with Gasteiger partial charge in [-0.2, -0.15) is 0 Å². The Morgan fingerprint density at radius 3 is 2.68 bits per heavy atom. The van der Waals surface area contributed by atoms with Gasteiger partial charge in [0, 0.05) is 41.0 Å². The highest BCUT2D eigenvalue weighted by Gasteiger charge is 2.19. The van der Waals surface area contributed by atoms with E-state index < -0.39 is 0 Å². The summed E-state index contributed by atoms with van der Waals surface area (Å²) in [6.45, 7) is 3.12. The molecule has 1 N–H and O–H groups in total. The van der Waals surface area contributed by atoms with Gasteiger partial charge in [0.1, 0.15) is 19.8 Å². The van der Waals surface area contributed by atoms with E-state index in [0.717, 1.165) is 17.2 Å². The van der Waals surface area contributed by atoms with Crippen LogP contribution < -0.4 is 14.8 Å². The van der Waals surface area contributed by atoms with Gasteiger partial charge in [0.05, 0.1) is 6.54 Å². The second-order valence-electron chi connectivity index (χ2n) is 7.16. The SMILES string of the molecule is CCN(CC(=O)Nc1ccc2c(c1)OCCO2)C(=O)Cn1cc(C=O)c2ccccc21. The number of fused-ring (bicyclic) bond motifs is 2. The second kappa shape index (κ2) is 8.91. The number of carbonyl (C=O) groups excluding carboxylic acids is 3. The van der Waals surface area contributed by atoms with Crippen LogP contribution in [-0.2, 0) is 16.1 Å². The van der Waals surface area contributed by atoms with E-state index in [9.17, 15) is 14.4 Å². The Morgan fingerprint density at radius 2 is 1.90 bits per heavy atom. The maximum absolute atomic E-state index is 12.9. The van der Waals surface area contributed by atoms with Crippen molar-refractivity contribution in [2.24, 2.45) is 0 Å². The molecule has 8 nitrogen and oxygen atoms in total. The molecule has 1 aromatic heterocycles. The number of amides is 2. The third kappa shape index (κ3) is 4.37. The molecular weight excluding hydrogens is 398 g/mol. The summed E-state index contributed by atoms with van der Waals surface area (Å²) >= 11 is 0. The molecule has 0 fully saturated rings. The van der Waals surface area contributed by atoms with Crippen molar-refractivity contribution in [3.05, 3.63) is 54.2 Å². The standard InChI is InChI=1S/C23H23N3O5/c1-2-25(13-22(28)24-17-7-8-20-21(11-17)31-10-9-30-20)23(29)14-26-12-16(15-27)18-5-3-4-6-19(18)26/h3-8,11-12,15H,2,9-10,13-14H2,1H3,(H,24,28). The lowest BCUT2D eigenvalue weighted by molar-refractivity contribution is -0.134. The average Bonchev–Trinajstić information content (AvgIpc) is 3.15. The molecule has 0 atom stereocenters. The molecule has 4 rings (SSSR count). The van der Waals surface area contributed by atoms with E-state index in [0.29, 0.717) is 42.5 Å². The Hall–Kier alpha value is -3.81. The number of likely N-dealkylation sites (N-methyl/N-ethyl adjacent to an activating group) is 1. The van der Waals surface area contributed by atoms with Crippen molar-refractivity contribution in [3.63, 3.8) is 0 Å². The predicted octanol–water partition coefficient (Wildman–Crippen LogP) is 2.71. The highest BCUT2D eigenvalue weighted by Crippen LogP contribution is 2.32. The summed E-state index contributed by atoms with van der Waals surface area (Å²) in [5.41, 5.74) is 1.90. The summed E-state index contributed by atoms with van der Waals surface area (Å²) in [5, 5.41) is 3.59. The molecule has 2 amide bonds. The Bertz CT molecular complexity index is 1140. The van der Waals surface area contributed by atoms with Gasteiger partial charge in [-0.05, 0) is 25.1 Å². The summed E-state index contributed by atoms with van der Waals surface area (Å²) in [6.07, 6.45) is 2.44. The van der Waals surface area contributed by atoms with Gasteiger partial charge in [0.15, 0.2) is 17.8 Å². The average molecular weight is 421 g/mol. The smallest absolute Gasteiger partial charge is 0.243 e. The summed E-state index contributed by atoms with van der Waals surface area (Å²) < 4.78 is 12.7. The third-order valence-corrected chi connectivity index (χ3v) is 5.15. The van der Waals surface area contributed by atoms with Gasteiger partial charge in [0.2, 0.25) is 11.8 Å². The zero-order valence-corrected chi connectivity index (χ0v) is 17.2. The number of nitrogens with one attached hydrogen (secondary N) is 1. The molecule has 0 saturated carbocycles. The normalized spacial score (nSPS) is 12.4. The van der Waals surface area contributed by atoms with Crippen LogP contribution in [-0.4, -0.2) is 53.9 Å². The first kappa shape index (κ1) is 20.5. The number of nitrogens with zero attached hydrogens (tertiary/aromatic N) is 2. The van der Waals surface area contributed by atoms with Crippen molar-refractivity contribution in [2.45, 2.75) is 13.5 Å². The molecule has 0 unspecified atom stereocenters. The van der Waals surface area contributed by atoms with Crippen molar-refractivity contribution in [2.75, 3.05) is 31.6 Å².